The minimum Gasteiger partial charge on any atom is -0.453 e. The molecule has 1 aliphatic rings. The van der Waals surface area contributed by atoms with E-state index in [2.05, 4.69) is 58.8 Å². The van der Waals surface area contributed by atoms with Gasteiger partial charge in [-0.1, -0.05) is 74.5 Å². The lowest BCUT2D eigenvalue weighted by Gasteiger charge is -2.29. The quantitative estimate of drug-likeness (QED) is 0.346. The first-order chi connectivity index (χ1) is 17.9. The first-order valence-electron chi connectivity index (χ1n) is 12.7. The lowest BCUT2D eigenvalue weighted by Crippen LogP contribution is -2.51. The fourth-order valence-corrected chi connectivity index (χ4v) is 5.05. The number of rotatable bonds is 6. The smallest absolute Gasteiger partial charge is 0.407 e. The number of ether oxygens (including phenoxy) is 1. The first kappa shape index (κ1) is 24.6. The van der Waals surface area contributed by atoms with Crippen molar-refractivity contribution in [3.63, 3.8) is 0 Å². The van der Waals surface area contributed by atoms with Gasteiger partial charge in [-0.05, 0) is 53.1 Å². The number of carbonyl (C=O) groups excluding carboxylic acids is 2. The second-order valence-electron chi connectivity index (χ2n) is 9.84. The van der Waals surface area contributed by atoms with Crippen molar-refractivity contribution < 1.29 is 14.3 Å². The molecule has 0 saturated carbocycles. The number of nitrogens with zero attached hydrogens (tertiary/aromatic N) is 2. The first-order valence-corrected chi connectivity index (χ1v) is 12.7. The van der Waals surface area contributed by atoms with E-state index in [0.29, 0.717) is 6.54 Å². The van der Waals surface area contributed by atoms with E-state index in [0.717, 1.165) is 40.8 Å². The monoisotopic (exact) mass is 496 g/mol. The van der Waals surface area contributed by atoms with Crippen LogP contribution in [0.4, 0.5) is 4.79 Å². The van der Waals surface area contributed by atoms with Crippen LogP contribution in [-0.4, -0.2) is 46.6 Å². The van der Waals surface area contributed by atoms with Crippen LogP contribution in [0.2, 0.25) is 0 Å². The molecule has 2 atom stereocenters. The predicted octanol–water partition coefficient (Wildman–Crippen LogP) is 5.94. The molecule has 0 radical (unpaired) electrons. The summed E-state index contributed by atoms with van der Waals surface area (Å²) in [6, 6.07) is 24.3. The predicted molar refractivity (Wildman–Crippen MR) is 145 cm³/mol. The summed E-state index contributed by atoms with van der Waals surface area (Å²) < 4.78 is 4.73. The summed E-state index contributed by atoms with van der Waals surface area (Å²) in [6.45, 7) is 4.46. The van der Waals surface area contributed by atoms with Crippen molar-refractivity contribution in [2.45, 2.75) is 38.8 Å². The number of amides is 2. The van der Waals surface area contributed by atoms with Gasteiger partial charge in [0.25, 0.3) is 0 Å². The Morgan fingerprint density at radius 2 is 1.62 bits per heavy atom. The second-order valence-corrected chi connectivity index (χ2v) is 9.84. The van der Waals surface area contributed by atoms with E-state index in [1.165, 1.54) is 18.2 Å². The number of nitrogens with one attached hydrogen (secondary N) is 2. The summed E-state index contributed by atoms with van der Waals surface area (Å²) >= 11 is 0. The van der Waals surface area contributed by atoms with E-state index in [1.807, 2.05) is 43.0 Å². The molecular formula is C30H32N4O3. The highest BCUT2D eigenvalue weighted by molar-refractivity contribution is 5.87. The van der Waals surface area contributed by atoms with Crippen LogP contribution >= 0.6 is 0 Å². The average molecular weight is 497 g/mol. The van der Waals surface area contributed by atoms with Gasteiger partial charge in [-0.3, -0.25) is 4.79 Å². The van der Waals surface area contributed by atoms with Crippen molar-refractivity contribution in [2.75, 3.05) is 13.7 Å². The van der Waals surface area contributed by atoms with Gasteiger partial charge in [0.05, 0.1) is 24.2 Å². The Morgan fingerprint density at radius 3 is 2.30 bits per heavy atom. The number of aromatic amines is 1. The molecule has 7 heteroatoms. The summed E-state index contributed by atoms with van der Waals surface area (Å²) in [6.07, 6.45) is 1.11. The lowest BCUT2D eigenvalue weighted by atomic mass is 10.0. The third-order valence-corrected chi connectivity index (χ3v) is 7.07. The van der Waals surface area contributed by atoms with E-state index in [4.69, 9.17) is 9.72 Å². The Kier molecular flexibility index (Phi) is 6.95. The molecule has 2 unspecified atom stereocenters. The molecule has 0 bridgehead atoms. The number of fused-ring (bicyclic) bond motifs is 1. The van der Waals surface area contributed by atoms with E-state index < -0.39 is 12.1 Å². The van der Waals surface area contributed by atoms with E-state index in [9.17, 15) is 9.59 Å². The Hall–Kier alpha value is -4.13. The van der Waals surface area contributed by atoms with Gasteiger partial charge in [-0.15, -0.1) is 0 Å². The van der Waals surface area contributed by atoms with Crippen LogP contribution in [0, 0.1) is 5.92 Å². The maximum atomic E-state index is 13.4. The van der Waals surface area contributed by atoms with Crippen LogP contribution in [0.5, 0.6) is 0 Å². The molecule has 1 fully saturated rings. The van der Waals surface area contributed by atoms with Gasteiger partial charge >= 0.3 is 6.09 Å². The third kappa shape index (κ3) is 5.07. The van der Waals surface area contributed by atoms with Crippen molar-refractivity contribution in [1.29, 1.82) is 0 Å². The molecule has 5 rings (SSSR count). The molecule has 190 valence electrons. The maximum Gasteiger partial charge on any atom is 0.407 e. The van der Waals surface area contributed by atoms with Gasteiger partial charge in [0.1, 0.15) is 11.9 Å². The highest BCUT2D eigenvalue weighted by atomic mass is 16.5. The van der Waals surface area contributed by atoms with Crippen molar-refractivity contribution in [2.24, 2.45) is 5.92 Å². The standard InChI is InChI=1S/C30H32N4O3/c1-19(2)27(33-30(36)37-3)29(35)34-17-7-10-26(34)28-31-24-16-15-23(18-25(24)32-28)22-13-11-21(12-14-22)20-8-5-4-6-9-20/h4-6,8-9,11-16,18-19,26-27H,7,10,17H2,1-3H3,(H,31,32)(H,33,36). The number of imidazole rings is 1. The Labute approximate surface area is 216 Å². The number of H-pyrrole nitrogens is 1. The highest BCUT2D eigenvalue weighted by Crippen LogP contribution is 2.34. The number of likely N-dealkylation sites (tertiary alicyclic amines) is 1. The topological polar surface area (TPSA) is 87.3 Å². The molecule has 2 N–H and O–H groups in total. The van der Waals surface area contributed by atoms with Crippen molar-refractivity contribution in [1.82, 2.24) is 20.2 Å². The zero-order valence-electron chi connectivity index (χ0n) is 21.4. The molecule has 1 aliphatic heterocycles. The van der Waals surface area contributed by atoms with Crippen LogP contribution in [0.3, 0.4) is 0 Å². The summed E-state index contributed by atoms with van der Waals surface area (Å²) in [4.78, 5) is 35.4. The van der Waals surface area contributed by atoms with Crippen molar-refractivity contribution in [3.05, 3.63) is 78.6 Å². The molecule has 0 spiro atoms. The Balaban J connectivity index is 1.38. The van der Waals surface area contributed by atoms with Crippen LogP contribution in [-0.2, 0) is 9.53 Å². The average Bonchev–Trinajstić information content (AvgIpc) is 3.58. The number of methoxy groups -OCH3 is 1. The van der Waals surface area contributed by atoms with Gasteiger partial charge < -0.3 is 19.9 Å². The number of hydrogen-bond acceptors (Lipinski definition) is 4. The highest BCUT2D eigenvalue weighted by Gasteiger charge is 2.37. The molecule has 0 aliphatic carbocycles. The normalized spacial score (nSPS) is 16.2. The van der Waals surface area contributed by atoms with Gasteiger partial charge in [0.15, 0.2) is 0 Å². The molecule has 1 aromatic heterocycles. The van der Waals surface area contributed by atoms with Crippen LogP contribution in [0.15, 0.2) is 72.8 Å². The molecular weight excluding hydrogens is 464 g/mol. The largest absolute Gasteiger partial charge is 0.453 e. The Morgan fingerprint density at radius 1 is 0.973 bits per heavy atom. The number of benzene rings is 3. The second kappa shape index (κ2) is 10.5. The van der Waals surface area contributed by atoms with Gasteiger partial charge in [-0.25, -0.2) is 9.78 Å². The molecule has 3 aromatic carbocycles. The SMILES string of the molecule is COC(=O)NC(C(=O)N1CCCC1c1nc2ccc(-c3ccc(-c4ccccc4)cc3)cc2[nH]1)C(C)C. The number of hydrogen-bond donors (Lipinski definition) is 2. The van der Waals surface area contributed by atoms with E-state index in [1.54, 1.807) is 0 Å². The minimum atomic E-state index is -0.650. The Bertz CT molecular complexity index is 1400. The van der Waals surface area contributed by atoms with E-state index in [-0.39, 0.29) is 17.9 Å². The number of aromatic nitrogens is 2. The summed E-state index contributed by atoms with van der Waals surface area (Å²) in [5.41, 5.74) is 6.41. The third-order valence-electron chi connectivity index (χ3n) is 7.07. The van der Waals surface area contributed by atoms with Gasteiger partial charge in [0, 0.05) is 6.54 Å². The fourth-order valence-electron chi connectivity index (χ4n) is 5.05. The van der Waals surface area contributed by atoms with Crippen LogP contribution in [0.25, 0.3) is 33.3 Å². The lowest BCUT2D eigenvalue weighted by molar-refractivity contribution is -0.135. The van der Waals surface area contributed by atoms with E-state index >= 15 is 0 Å². The van der Waals surface area contributed by atoms with Crippen molar-refractivity contribution in [3.8, 4) is 22.3 Å². The molecule has 2 amide bonds. The van der Waals surface area contributed by atoms with Gasteiger partial charge in [0.2, 0.25) is 5.91 Å². The molecule has 1 saturated heterocycles. The minimum absolute atomic E-state index is 0.0700. The fraction of sp³-hybridized carbons (Fsp3) is 0.300. The number of carbonyl (C=O) groups is 2. The summed E-state index contributed by atoms with van der Waals surface area (Å²) in [7, 11) is 1.30. The zero-order valence-corrected chi connectivity index (χ0v) is 21.4. The molecule has 4 aromatic rings. The number of alkyl carbamates (subject to hydrolysis) is 1. The maximum absolute atomic E-state index is 13.4. The molecule has 7 nitrogen and oxygen atoms in total. The van der Waals surface area contributed by atoms with Crippen LogP contribution < -0.4 is 5.32 Å². The molecule has 37 heavy (non-hydrogen) atoms. The van der Waals surface area contributed by atoms with Crippen molar-refractivity contribution >= 4 is 23.0 Å². The summed E-state index contributed by atoms with van der Waals surface area (Å²) in [5.74, 6) is 0.597. The van der Waals surface area contributed by atoms with Gasteiger partial charge in [-0.2, -0.15) is 0 Å². The molecule has 2 heterocycles. The van der Waals surface area contributed by atoms with Crippen LogP contribution in [0.1, 0.15) is 38.6 Å². The summed E-state index contributed by atoms with van der Waals surface area (Å²) in [5, 5.41) is 2.70. The zero-order chi connectivity index (χ0) is 25.9.